The predicted octanol–water partition coefficient (Wildman–Crippen LogP) is 11.8. The quantitative estimate of drug-likeness (QED) is 0.190. The number of benzene rings is 6. The molecule has 8 aromatic rings. The average molecular weight is 656 g/mol. The van der Waals surface area contributed by atoms with Crippen LogP contribution in [0.3, 0.4) is 0 Å². The number of nitrogens with zero attached hydrogens (tertiary/aromatic N) is 3. The highest BCUT2D eigenvalue weighted by Crippen LogP contribution is 2.70. The van der Waals surface area contributed by atoms with Crippen LogP contribution in [-0.4, -0.2) is 14.5 Å². The van der Waals surface area contributed by atoms with Crippen LogP contribution in [0.15, 0.2) is 140 Å². The summed E-state index contributed by atoms with van der Waals surface area (Å²) in [6.07, 6.45) is 8.83. The van der Waals surface area contributed by atoms with Crippen LogP contribution in [-0.2, 0) is 5.41 Å². The number of aromatic nitrogens is 3. The minimum absolute atomic E-state index is 0.0650. The lowest BCUT2D eigenvalue weighted by atomic mass is 9.43. The van der Waals surface area contributed by atoms with Gasteiger partial charge in [0.15, 0.2) is 5.82 Å². The third-order valence-corrected chi connectivity index (χ3v) is 13.4. The van der Waals surface area contributed by atoms with E-state index in [0.717, 1.165) is 34.5 Å². The van der Waals surface area contributed by atoms with Crippen LogP contribution in [0.5, 0.6) is 0 Å². The zero-order valence-electron chi connectivity index (χ0n) is 28.5. The van der Waals surface area contributed by atoms with Crippen LogP contribution in [0.25, 0.3) is 72.0 Å². The molecule has 5 aliphatic rings. The maximum Gasteiger partial charge on any atom is 0.159 e. The van der Waals surface area contributed by atoms with Crippen molar-refractivity contribution in [2.75, 3.05) is 0 Å². The Kier molecular flexibility index (Phi) is 5.67. The van der Waals surface area contributed by atoms with Crippen molar-refractivity contribution in [2.24, 2.45) is 23.7 Å². The predicted molar refractivity (Wildman–Crippen MR) is 208 cm³/mol. The summed E-state index contributed by atoms with van der Waals surface area (Å²) in [4.78, 5) is 9.60. The molecule has 5 aliphatic carbocycles. The summed E-state index contributed by atoms with van der Waals surface area (Å²) < 4.78 is 2.66. The fraction of sp³-hybridized carbons (Fsp3) is 0.208. The van der Waals surface area contributed by atoms with Gasteiger partial charge < -0.3 is 4.57 Å². The minimum atomic E-state index is 0.0650. The highest BCUT2D eigenvalue weighted by atomic mass is 15.0. The third-order valence-electron chi connectivity index (χ3n) is 13.4. The highest BCUT2D eigenvalue weighted by Gasteiger charge is 2.62. The van der Waals surface area contributed by atoms with E-state index in [0.29, 0.717) is 11.8 Å². The molecule has 13 rings (SSSR count). The van der Waals surface area contributed by atoms with E-state index in [1.165, 1.54) is 81.5 Å². The van der Waals surface area contributed by atoms with E-state index < -0.39 is 0 Å². The van der Waals surface area contributed by atoms with Crippen molar-refractivity contribution in [1.29, 1.82) is 0 Å². The van der Waals surface area contributed by atoms with Crippen LogP contribution >= 0.6 is 0 Å². The van der Waals surface area contributed by atoms with Gasteiger partial charge in [-0.05, 0) is 102 Å². The summed E-state index contributed by atoms with van der Waals surface area (Å²) in [5.74, 6) is 3.95. The summed E-state index contributed by atoms with van der Waals surface area (Å²) >= 11 is 0. The minimum Gasteiger partial charge on any atom is -0.308 e. The van der Waals surface area contributed by atoms with Gasteiger partial charge in [-0.15, -0.1) is 0 Å². The molecule has 244 valence electrons. The van der Waals surface area contributed by atoms with Gasteiger partial charge in [-0.1, -0.05) is 115 Å². The molecule has 0 aliphatic heterocycles. The van der Waals surface area contributed by atoms with Gasteiger partial charge in [-0.3, -0.25) is 0 Å². The monoisotopic (exact) mass is 655 g/mol. The third kappa shape index (κ3) is 3.74. The van der Waals surface area contributed by atoms with Crippen LogP contribution in [0.2, 0.25) is 0 Å². The Balaban J connectivity index is 1.14. The number of rotatable bonds is 3. The molecule has 2 heterocycles. The zero-order chi connectivity index (χ0) is 33.3. The first-order valence-corrected chi connectivity index (χ1v) is 18.8. The molecule has 0 unspecified atom stereocenters. The average Bonchev–Trinajstić information content (AvgIpc) is 3.68. The zero-order valence-corrected chi connectivity index (χ0v) is 28.5. The molecule has 0 saturated heterocycles. The maximum atomic E-state index is 5.00. The molecular weight excluding hydrogens is 619 g/mol. The van der Waals surface area contributed by atoms with Crippen LogP contribution in [0.4, 0.5) is 0 Å². The largest absolute Gasteiger partial charge is 0.308 e. The fourth-order valence-corrected chi connectivity index (χ4v) is 11.8. The van der Waals surface area contributed by atoms with Crippen molar-refractivity contribution in [2.45, 2.75) is 37.5 Å². The van der Waals surface area contributed by atoms with Crippen molar-refractivity contribution in [3.8, 4) is 39.5 Å². The summed E-state index contributed by atoms with van der Waals surface area (Å²) in [5.41, 5.74) is 13.2. The number of hydrogen-bond donors (Lipinski definition) is 0. The molecule has 4 saturated carbocycles. The molecule has 4 fully saturated rings. The maximum absolute atomic E-state index is 5.00. The summed E-state index contributed by atoms with van der Waals surface area (Å²) in [7, 11) is 0. The smallest absolute Gasteiger partial charge is 0.159 e. The van der Waals surface area contributed by atoms with Gasteiger partial charge in [0.2, 0.25) is 0 Å². The van der Waals surface area contributed by atoms with E-state index in [4.69, 9.17) is 4.98 Å². The molecule has 51 heavy (non-hydrogen) atoms. The van der Waals surface area contributed by atoms with Crippen molar-refractivity contribution in [1.82, 2.24) is 14.5 Å². The summed E-state index contributed by atoms with van der Waals surface area (Å²) in [6.45, 7) is 0. The Morgan fingerprint density at radius 3 is 2.06 bits per heavy atom. The van der Waals surface area contributed by atoms with Gasteiger partial charge >= 0.3 is 0 Å². The van der Waals surface area contributed by atoms with E-state index in [2.05, 4.69) is 119 Å². The summed E-state index contributed by atoms with van der Waals surface area (Å²) in [5, 5.41) is 5.31. The highest BCUT2D eigenvalue weighted by molar-refractivity contribution is 6.20. The van der Waals surface area contributed by atoms with Crippen LogP contribution < -0.4 is 0 Å². The van der Waals surface area contributed by atoms with Gasteiger partial charge in [0.1, 0.15) is 0 Å². The van der Waals surface area contributed by atoms with E-state index in [1.54, 1.807) is 11.1 Å². The molecule has 3 heteroatoms. The molecule has 0 N–H and O–H groups in total. The Labute approximate surface area is 297 Å². The van der Waals surface area contributed by atoms with Gasteiger partial charge in [0, 0.05) is 44.6 Å². The number of hydrogen-bond acceptors (Lipinski definition) is 2. The Bertz CT molecular complexity index is 2670. The standard InChI is InChI=1S/C48H37N3/c1-2-9-33(10-3-1)47-49-23-22-43(50-47)32-14-17-36(18-15-32)51-45-37-11-5-4-8-31(37)16-19-40(45)41-21-20-39-38-12-6-7-13-42(38)48(44(39)46(41)51)34-25-29-24-30(27-34)28-35(48)26-29/h1-23,29-30,34-35H,24-28H2. The summed E-state index contributed by atoms with van der Waals surface area (Å²) in [6, 6.07) is 49.5. The molecule has 0 radical (unpaired) electrons. The molecule has 6 aromatic carbocycles. The first-order chi connectivity index (χ1) is 25.3. The van der Waals surface area contributed by atoms with Gasteiger partial charge in [-0.25, -0.2) is 9.97 Å². The van der Waals surface area contributed by atoms with Crippen molar-refractivity contribution >= 4 is 32.6 Å². The van der Waals surface area contributed by atoms with Gasteiger partial charge in [-0.2, -0.15) is 0 Å². The lowest BCUT2D eigenvalue weighted by Crippen LogP contribution is -2.55. The normalized spacial score (nSPS) is 24.2. The lowest BCUT2D eigenvalue weighted by Gasteiger charge is -2.61. The van der Waals surface area contributed by atoms with Crippen molar-refractivity contribution < 1.29 is 0 Å². The van der Waals surface area contributed by atoms with Crippen molar-refractivity contribution in [3.05, 3.63) is 151 Å². The Hall–Kier alpha value is -5.54. The lowest BCUT2D eigenvalue weighted by molar-refractivity contribution is -0.0394. The SMILES string of the molecule is c1ccc(-c2nccc(-c3ccc(-n4c5c6c(ccc5c5ccc7ccccc7c54)-c4ccccc4C64C5CC6CC(C5)CC4C6)cc3)n2)cc1. The fourth-order valence-electron chi connectivity index (χ4n) is 11.8. The first kappa shape index (κ1) is 28.2. The van der Waals surface area contributed by atoms with E-state index in [-0.39, 0.29) is 5.41 Å². The van der Waals surface area contributed by atoms with Gasteiger partial charge in [0.25, 0.3) is 0 Å². The Morgan fingerprint density at radius 1 is 0.529 bits per heavy atom. The number of fused-ring (bicyclic) bond motifs is 9. The molecule has 0 atom stereocenters. The second kappa shape index (κ2) is 10.3. The second-order valence-corrected chi connectivity index (χ2v) is 15.8. The molecule has 3 nitrogen and oxygen atoms in total. The van der Waals surface area contributed by atoms with Crippen molar-refractivity contribution in [3.63, 3.8) is 0 Å². The molecule has 0 amide bonds. The topological polar surface area (TPSA) is 30.7 Å². The van der Waals surface area contributed by atoms with Crippen LogP contribution in [0.1, 0.15) is 43.2 Å². The first-order valence-electron chi connectivity index (χ1n) is 18.8. The van der Waals surface area contributed by atoms with Crippen LogP contribution in [0, 0.1) is 23.7 Å². The van der Waals surface area contributed by atoms with Gasteiger partial charge in [0.05, 0.1) is 16.7 Å². The van der Waals surface area contributed by atoms with E-state index in [9.17, 15) is 0 Å². The second-order valence-electron chi connectivity index (χ2n) is 15.8. The van der Waals surface area contributed by atoms with E-state index in [1.807, 2.05) is 30.5 Å². The molecule has 1 spiro atoms. The van der Waals surface area contributed by atoms with E-state index >= 15 is 0 Å². The molecule has 4 bridgehead atoms. The Morgan fingerprint density at radius 2 is 1.24 bits per heavy atom. The molecule has 2 aromatic heterocycles. The molecular formula is C48H37N3.